The first kappa shape index (κ1) is 29.2. The van der Waals surface area contributed by atoms with Crippen LogP contribution in [0.25, 0.3) is 11.3 Å². The molecule has 2 aliphatic heterocycles. The highest BCUT2D eigenvalue weighted by Crippen LogP contribution is 2.41. The average Bonchev–Trinajstić information content (AvgIpc) is 3.60. The third kappa shape index (κ3) is 6.79. The maximum atomic E-state index is 13.9. The highest BCUT2D eigenvalue weighted by Gasteiger charge is 2.35. The zero-order valence-electron chi connectivity index (χ0n) is 23.1. The first-order valence-corrected chi connectivity index (χ1v) is 14.8. The molecular weight excluding hydrogens is 555 g/mol. The Hall–Kier alpha value is -3.29. The number of benzene rings is 1. The van der Waals surface area contributed by atoms with Crippen molar-refractivity contribution in [1.82, 2.24) is 25.2 Å². The standard InChI is InChI=1S/C28H34F3N7O2S/c1-3-19-6-5-11-38(19)17-23-25(18-7-8-22(40-4-2)20(14-18)28(29,30)31)35-27(41-23)36-26(39)21-15-34-24(16-33-21)37-12-9-32-10-13-37/h7-8,14-16,19,32H,3-6,9-13,17H2,1-2H3,(H,35,36,39)/t19-/m1/s1. The van der Waals surface area contributed by atoms with Crippen LogP contribution >= 0.6 is 11.3 Å². The maximum Gasteiger partial charge on any atom is 0.419 e. The second-order valence-corrected chi connectivity index (χ2v) is 11.1. The quantitative estimate of drug-likeness (QED) is 0.358. The number of amides is 1. The van der Waals surface area contributed by atoms with Crippen LogP contribution in [0.15, 0.2) is 30.6 Å². The summed E-state index contributed by atoms with van der Waals surface area (Å²) >= 11 is 1.27. The van der Waals surface area contributed by atoms with E-state index in [1.54, 1.807) is 19.2 Å². The summed E-state index contributed by atoms with van der Waals surface area (Å²) in [5.41, 5.74) is 0.0164. The molecule has 0 saturated carbocycles. The summed E-state index contributed by atoms with van der Waals surface area (Å²) in [6.45, 7) is 8.67. The maximum absolute atomic E-state index is 13.9. The minimum Gasteiger partial charge on any atom is -0.493 e. The summed E-state index contributed by atoms with van der Waals surface area (Å²) in [4.78, 5) is 31.6. The van der Waals surface area contributed by atoms with Gasteiger partial charge in [-0.3, -0.25) is 15.0 Å². The number of likely N-dealkylation sites (tertiary alicyclic amines) is 1. The van der Waals surface area contributed by atoms with Crippen LogP contribution in [0.2, 0.25) is 0 Å². The van der Waals surface area contributed by atoms with Gasteiger partial charge in [-0.05, 0) is 50.9 Å². The summed E-state index contributed by atoms with van der Waals surface area (Å²) in [7, 11) is 0. The van der Waals surface area contributed by atoms with E-state index >= 15 is 0 Å². The molecule has 4 heterocycles. The van der Waals surface area contributed by atoms with Crippen molar-refractivity contribution < 1.29 is 22.7 Å². The number of aromatic nitrogens is 3. The molecule has 2 N–H and O–H groups in total. The molecule has 41 heavy (non-hydrogen) atoms. The third-order valence-corrected chi connectivity index (χ3v) is 8.36. The molecule has 1 aromatic carbocycles. The van der Waals surface area contributed by atoms with Crippen molar-refractivity contribution in [1.29, 1.82) is 0 Å². The summed E-state index contributed by atoms with van der Waals surface area (Å²) in [5.74, 6) is 0.00269. The summed E-state index contributed by atoms with van der Waals surface area (Å²) < 4.78 is 47.0. The number of hydrogen-bond acceptors (Lipinski definition) is 9. The number of nitrogens with one attached hydrogen (secondary N) is 2. The summed E-state index contributed by atoms with van der Waals surface area (Å²) in [5, 5.41) is 6.37. The molecule has 1 amide bonds. The van der Waals surface area contributed by atoms with Gasteiger partial charge in [-0.25, -0.2) is 15.0 Å². The van der Waals surface area contributed by atoms with E-state index in [0.29, 0.717) is 34.8 Å². The zero-order valence-corrected chi connectivity index (χ0v) is 23.9. The van der Waals surface area contributed by atoms with Crippen molar-refractivity contribution in [2.75, 3.05) is 49.5 Å². The number of carbonyl (C=O) groups is 1. The van der Waals surface area contributed by atoms with Crippen LogP contribution in [0.4, 0.5) is 24.1 Å². The van der Waals surface area contributed by atoms with E-state index in [0.717, 1.165) is 62.9 Å². The number of hydrogen-bond donors (Lipinski definition) is 2. The van der Waals surface area contributed by atoms with Gasteiger partial charge in [0, 0.05) is 49.2 Å². The van der Waals surface area contributed by atoms with Crippen LogP contribution in [-0.4, -0.2) is 71.1 Å². The second kappa shape index (κ2) is 12.7. The van der Waals surface area contributed by atoms with Crippen LogP contribution in [0, 0.1) is 0 Å². The Morgan fingerprint density at radius 1 is 1.17 bits per heavy atom. The lowest BCUT2D eigenvalue weighted by Crippen LogP contribution is -2.44. The predicted molar refractivity (Wildman–Crippen MR) is 153 cm³/mol. The normalized spacial score (nSPS) is 18.1. The van der Waals surface area contributed by atoms with Gasteiger partial charge >= 0.3 is 6.18 Å². The van der Waals surface area contributed by atoms with E-state index < -0.39 is 17.6 Å². The number of halogens is 3. The van der Waals surface area contributed by atoms with Crippen LogP contribution in [0.1, 0.15) is 54.0 Å². The van der Waals surface area contributed by atoms with Gasteiger partial charge in [0.25, 0.3) is 5.91 Å². The first-order chi connectivity index (χ1) is 19.8. The van der Waals surface area contributed by atoms with Crippen molar-refractivity contribution in [3.8, 4) is 17.0 Å². The fourth-order valence-corrected chi connectivity index (χ4v) is 6.33. The average molecular weight is 590 g/mol. The van der Waals surface area contributed by atoms with Crippen molar-refractivity contribution in [2.45, 2.75) is 51.9 Å². The minimum absolute atomic E-state index is 0.118. The summed E-state index contributed by atoms with van der Waals surface area (Å²) in [6.07, 6.45) is 1.56. The van der Waals surface area contributed by atoms with Gasteiger partial charge in [0.2, 0.25) is 0 Å². The van der Waals surface area contributed by atoms with E-state index in [4.69, 9.17) is 4.74 Å². The molecule has 0 spiro atoms. The number of rotatable bonds is 9. The smallest absolute Gasteiger partial charge is 0.419 e. The van der Waals surface area contributed by atoms with Crippen LogP contribution in [0.5, 0.6) is 5.75 Å². The lowest BCUT2D eigenvalue weighted by molar-refractivity contribution is -0.138. The Morgan fingerprint density at radius 3 is 2.66 bits per heavy atom. The second-order valence-electron chi connectivity index (χ2n) is 10.1. The Kier molecular flexibility index (Phi) is 9.05. The minimum atomic E-state index is -4.59. The monoisotopic (exact) mass is 589 g/mol. The Morgan fingerprint density at radius 2 is 1.98 bits per heavy atom. The van der Waals surface area contributed by atoms with Crippen molar-refractivity contribution >= 4 is 28.2 Å². The molecule has 220 valence electrons. The number of anilines is 2. The van der Waals surface area contributed by atoms with Crippen molar-refractivity contribution in [3.05, 3.63) is 46.7 Å². The van der Waals surface area contributed by atoms with Gasteiger partial charge in [-0.1, -0.05) is 18.3 Å². The molecule has 2 saturated heterocycles. The first-order valence-electron chi connectivity index (χ1n) is 13.9. The molecule has 0 radical (unpaired) electrons. The van der Waals surface area contributed by atoms with Gasteiger partial charge in [0.05, 0.1) is 30.3 Å². The number of carbonyl (C=O) groups excluding carboxylic acids is 1. The third-order valence-electron chi connectivity index (χ3n) is 7.40. The molecule has 2 aromatic heterocycles. The molecule has 0 aliphatic carbocycles. The van der Waals surface area contributed by atoms with Crippen molar-refractivity contribution in [3.63, 3.8) is 0 Å². The molecule has 5 rings (SSSR count). The largest absolute Gasteiger partial charge is 0.493 e. The fourth-order valence-electron chi connectivity index (χ4n) is 5.33. The zero-order chi connectivity index (χ0) is 29.0. The number of ether oxygens (including phenoxy) is 1. The number of thiazole rings is 1. The lowest BCUT2D eigenvalue weighted by Gasteiger charge is -2.27. The Bertz CT molecular complexity index is 1340. The van der Waals surface area contributed by atoms with Gasteiger partial charge in [0.1, 0.15) is 17.3 Å². The molecule has 13 heteroatoms. The van der Waals surface area contributed by atoms with Gasteiger partial charge < -0.3 is 15.0 Å². The highest BCUT2D eigenvalue weighted by molar-refractivity contribution is 7.16. The number of alkyl halides is 3. The van der Waals surface area contributed by atoms with Crippen LogP contribution in [-0.2, 0) is 12.7 Å². The van der Waals surface area contributed by atoms with E-state index in [1.165, 1.54) is 23.6 Å². The molecule has 1 atom stereocenters. The molecule has 0 unspecified atom stereocenters. The lowest BCUT2D eigenvalue weighted by atomic mass is 10.1. The Balaban J connectivity index is 1.43. The van der Waals surface area contributed by atoms with E-state index in [2.05, 4.69) is 42.3 Å². The van der Waals surface area contributed by atoms with Gasteiger partial charge in [0.15, 0.2) is 5.13 Å². The molecular formula is C28H34F3N7O2S. The van der Waals surface area contributed by atoms with E-state index in [9.17, 15) is 18.0 Å². The SMILES string of the molecule is CCOc1ccc(-c2nc(NC(=O)c3cnc(N4CCNCC4)cn3)sc2CN2CCC[C@H]2CC)cc1C(F)(F)F. The highest BCUT2D eigenvalue weighted by atomic mass is 32.1. The fraction of sp³-hybridized carbons (Fsp3) is 0.500. The van der Waals surface area contributed by atoms with E-state index in [-0.39, 0.29) is 18.1 Å². The molecule has 3 aromatic rings. The summed E-state index contributed by atoms with van der Waals surface area (Å²) in [6, 6.07) is 4.41. The Labute approximate surface area is 241 Å². The van der Waals surface area contributed by atoms with Crippen LogP contribution in [0.3, 0.4) is 0 Å². The van der Waals surface area contributed by atoms with Gasteiger partial charge in [-0.15, -0.1) is 0 Å². The van der Waals surface area contributed by atoms with Crippen LogP contribution < -0.4 is 20.3 Å². The van der Waals surface area contributed by atoms with Gasteiger partial charge in [-0.2, -0.15) is 13.2 Å². The molecule has 2 aliphatic rings. The number of piperazine rings is 1. The molecule has 9 nitrogen and oxygen atoms in total. The van der Waals surface area contributed by atoms with Crippen molar-refractivity contribution in [2.24, 2.45) is 0 Å². The topological polar surface area (TPSA) is 95.5 Å². The van der Waals surface area contributed by atoms with E-state index in [1.807, 2.05) is 0 Å². The predicted octanol–water partition coefficient (Wildman–Crippen LogP) is 5.05. The molecule has 0 bridgehead atoms. The number of nitrogens with zero attached hydrogens (tertiary/aromatic N) is 5. The molecule has 2 fully saturated rings.